The van der Waals surface area contributed by atoms with E-state index < -0.39 is 11.7 Å². The molecule has 3 rings (SSSR count). The molecular formula is C15H18F3N. The maximum absolute atomic E-state index is 12.5. The minimum Gasteiger partial charge on any atom is -0.313 e. The third kappa shape index (κ3) is 2.27. The standard InChI is InChI=1S/C15H18F3N/c1-19-14(13-11-3-2-4-12(11)13)9-5-7-10(8-6-9)15(16,17)18/h5-8,11-14,19H,2-4H2,1H3. The Morgan fingerprint density at radius 1 is 1.11 bits per heavy atom. The van der Waals surface area contributed by atoms with Gasteiger partial charge in [-0.05, 0) is 55.3 Å². The van der Waals surface area contributed by atoms with Crippen molar-refractivity contribution in [3.63, 3.8) is 0 Å². The molecule has 1 aromatic rings. The average Bonchev–Trinajstić information content (AvgIpc) is 2.84. The summed E-state index contributed by atoms with van der Waals surface area (Å²) in [5, 5.41) is 3.29. The van der Waals surface area contributed by atoms with Crippen molar-refractivity contribution >= 4 is 0 Å². The zero-order valence-electron chi connectivity index (χ0n) is 10.9. The van der Waals surface area contributed by atoms with Crippen LogP contribution in [0.2, 0.25) is 0 Å². The van der Waals surface area contributed by atoms with E-state index in [0.717, 1.165) is 17.4 Å². The number of halogens is 3. The summed E-state index contributed by atoms with van der Waals surface area (Å²) in [5.74, 6) is 2.20. The summed E-state index contributed by atoms with van der Waals surface area (Å²) in [5.41, 5.74) is 0.414. The molecule has 0 bridgehead atoms. The molecule has 0 saturated heterocycles. The first kappa shape index (κ1) is 13.0. The van der Waals surface area contributed by atoms with Gasteiger partial charge in [0.1, 0.15) is 0 Å². The van der Waals surface area contributed by atoms with Gasteiger partial charge in [0.2, 0.25) is 0 Å². The maximum atomic E-state index is 12.5. The normalized spacial score (nSPS) is 31.1. The van der Waals surface area contributed by atoms with Gasteiger partial charge in [0.25, 0.3) is 0 Å². The Kier molecular flexibility index (Phi) is 3.08. The largest absolute Gasteiger partial charge is 0.416 e. The molecule has 2 aliphatic rings. The number of fused-ring (bicyclic) bond motifs is 1. The molecule has 104 valence electrons. The van der Waals surface area contributed by atoms with Crippen LogP contribution >= 0.6 is 0 Å². The second-order valence-corrected chi connectivity index (χ2v) is 5.72. The maximum Gasteiger partial charge on any atom is 0.416 e. The van der Waals surface area contributed by atoms with E-state index in [1.54, 1.807) is 12.1 Å². The number of alkyl halides is 3. The van der Waals surface area contributed by atoms with Gasteiger partial charge < -0.3 is 5.32 Å². The Morgan fingerprint density at radius 2 is 1.68 bits per heavy atom. The number of benzene rings is 1. The number of rotatable bonds is 3. The van der Waals surface area contributed by atoms with Crippen molar-refractivity contribution in [1.82, 2.24) is 5.32 Å². The van der Waals surface area contributed by atoms with Crippen molar-refractivity contribution < 1.29 is 13.2 Å². The van der Waals surface area contributed by atoms with Crippen molar-refractivity contribution in [3.8, 4) is 0 Å². The molecule has 1 aromatic carbocycles. The van der Waals surface area contributed by atoms with Crippen LogP contribution in [0.4, 0.5) is 13.2 Å². The molecule has 0 amide bonds. The van der Waals surface area contributed by atoms with Crippen LogP contribution in [0.15, 0.2) is 24.3 Å². The van der Waals surface area contributed by atoms with E-state index in [-0.39, 0.29) is 6.04 Å². The fourth-order valence-electron chi connectivity index (χ4n) is 3.83. The van der Waals surface area contributed by atoms with Gasteiger partial charge >= 0.3 is 6.18 Å². The van der Waals surface area contributed by atoms with E-state index in [2.05, 4.69) is 5.32 Å². The molecule has 0 spiro atoms. The number of hydrogen-bond donors (Lipinski definition) is 1. The van der Waals surface area contributed by atoms with Crippen LogP contribution in [0.3, 0.4) is 0 Å². The van der Waals surface area contributed by atoms with Gasteiger partial charge in [-0.25, -0.2) is 0 Å². The van der Waals surface area contributed by atoms with Crippen LogP contribution in [-0.4, -0.2) is 7.05 Å². The van der Waals surface area contributed by atoms with Gasteiger partial charge in [-0.1, -0.05) is 18.6 Å². The third-order valence-corrected chi connectivity index (χ3v) is 4.77. The second kappa shape index (κ2) is 4.51. The van der Waals surface area contributed by atoms with Gasteiger partial charge in [-0.3, -0.25) is 0 Å². The van der Waals surface area contributed by atoms with Crippen LogP contribution in [0.1, 0.15) is 36.4 Å². The summed E-state index contributed by atoms with van der Waals surface area (Å²) in [7, 11) is 1.90. The molecule has 4 heteroatoms. The highest BCUT2D eigenvalue weighted by molar-refractivity contribution is 5.29. The summed E-state index contributed by atoms with van der Waals surface area (Å²) in [6.07, 6.45) is -0.360. The quantitative estimate of drug-likeness (QED) is 0.874. The summed E-state index contributed by atoms with van der Waals surface area (Å²) >= 11 is 0. The molecule has 2 fully saturated rings. The van der Waals surface area contributed by atoms with E-state index in [1.807, 2.05) is 7.05 Å². The summed E-state index contributed by atoms with van der Waals surface area (Å²) in [6, 6.07) is 5.84. The fraction of sp³-hybridized carbons (Fsp3) is 0.600. The van der Waals surface area contributed by atoms with Gasteiger partial charge in [0.15, 0.2) is 0 Å². The lowest BCUT2D eigenvalue weighted by Crippen LogP contribution is -2.20. The van der Waals surface area contributed by atoms with E-state index in [4.69, 9.17) is 0 Å². The van der Waals surface area contributed by atoms with Gasteiger partial charge in [0, 0.05) is 6.04 Å². The van der Waals surface area contributed by atoms with Crippen LogP contribution < -0.4 is 5.32 Å². The smallest absolute Gasteiger partial charge is 0.313 e. The first-order valence-corrected chi connectivity index (χ1v) is 6.87. The zero-order chi connectivity index (χ0) is 13.6. The lowest BCUT2D eigenvalue weighted by molar-refractivity contribution is -0.137. The Balaban J connectivity index is 1.77. The summed E-state index contributed by atoms with van der Waals surface area (Å²) in [6.45, 7) is 0. The van der Waals surface area contributed by atoms with Crippen LogP contribution in [-0.2, 0) is 6.18 Å². The van der Waals surface area contributed by atoms with E-state index in [9.17, 15) is 13.2 Å². The van der Waals surface area contributed by atoms with Crippen LogP contribution in [0.25, 0.3) is 0 Å². The summed E-state index contributed by atoms with van der Waals surface area (Å²) < 4.78 is 37.6. The zero-order valence-corrected chi connectivity index (χ0v) is 10.9. The molecule has 2 saturated carbocycles. The first-order valence-electron chi connectivity index (χ1n) is 6.87. The van der Waals surface area contributed by atoms with Crippen molar-refractivity contribution in [3.05, 3.63) is 35.4 Å². The number of hydrogen-bond acceptors (Lipinski definition) is 1. The second-order valence-electron chi connectivity index (χ2n) is 5.72. The molecule has 0 aromatic heterocycles. The van der Waals surface area contributed by atoms with Gasteiger partial charge in [0.05, 0.1) is 5.56 Å². The average molecular weight is 269 g/mol. The monoisotopic (exact) mass is 269 g/mol. The molecule has 1 nitrogen and oxygen atoms in total. The van der Waals surface area contributed by atoms with Gasteiger partial charge in [-0.15, -0.1) is 0 Å². The molecule has 3 atom stereocenters. The lowest BCUT2D eigenvalue weighted by Gasteiger charge is -2.19. The minimum atomic E-state index is -4.25. The molecule has 0 aliphatic heterocycles. The Labute approximate surface area is 111 Å². The van der Waals surface area contributed by atoms with E-state index in [1.165, 1.54) is 31.4 Å². The van der Waals surface area contributed by atoms with Crippen molar-refractivity contribution in [2.45, 2.75) is 31.5 Å². The highest BCUT2D eigenvalue weighted by atomic mass is 19.4. The fourth-order valence-corrected chi connectivity index (χ4v) is 3.83. The summed E-state index contributed by atoms with van der Waals surface area (Å²) in [4.78, 5) is 0. The van der Waals surface area contributed by atoms with E-state index >= 15 is 0 Å². The Hall–Kier alpha value is -1.03. The van der Waals surface area contributed by atoms with E-state index in [0.29, 0.717) is 5.92 Å². The van der Waals surface area contributed by atoms with Crippen molar-refractivity contribution in [2.75, 3.05) is 7.05 Å². The predicted molar refractivity (Wildman–Crippen MR) is 67.6 cm³/mol. The predicted octanol–water partition coefficient (Wildman–Crippen LogP) is 4.01. The molecule has 0 heterocycles. The SMILES string of the molecule is CNC(c1ccc(C(F)(F)F)cc1)C1C2CCCC21. The van der Waals surface area contributed by atoms with Crippen LogP contribution in [0, 0.1) is 17.8 Å². The van der Waals surface area contributed by atoms with Crippen molar-refractivity contribution in [2.24, 2.45) is 17.8 Å². The molecule has 2 aliphatic carbocycles. The highest BCUT2D eigenvalue weighted by Gasteiger charge is 2.55. The Bertz CT molecular complexity index is 441. The number of nitrogens with one attached hydrogen (secondary N) is 1. The third-order valence-electron chi connectivity index (χ3n) is 4.77. The Morgan fingerprint density at radius 3 is 2.16 bits per heavy atom. The molecule has 0 radical (unpaired) electrons. The molecule has 3 unspecified atom stereocenters. The van der Waals surface area contributed by atoms with Crippen LogP contribution in [0.5, 0.6) is 0 Å². The van der Waals surface area contributed by atoms with Gasteiger partial charge in [-0.2, -0.15) is 13.2 Å². The lowest BCUT2D eigenvalue weighted by atomic mass is 9.96. The molecular weight excluding hydrogens is 251 g/mol. The minimum absolute atomic E-state index is 0.206. The highest BCUT2D eigenvalue weighted by Crippen LogP contribution is 2.62. The topological polar surface area (TPSA) is 12.0 Å². The van der Waals surface area contributed by atoms with Crippen molar-refractivity contribution in [1.29, 1.82) is 0 Å². The first-order chi connectivity index (χ1) is 9.02. The molecule has 1 N–H and O–H groups in total. The molecule has 19 heavy (non-hydrogen) atoms.